The quantitative estimate of drug-likeness (QED) is 0.852. The third-order valence-electron chi connectivity index (χ3n) is 3.32. The van der Waals surface area contributed by atoms with E-state index in [1.165, 1.54) is 10.6 Å². The number of pyridine rings is 1. The average Bonchev–Trinajstić information content (AvgIpc) is 2.40. The Morgan fingerprint density at radius 3 is 3.00 bits per heavy atom. The molecule has 5 nitrogen and oxygen atoms in total. The van der Waals surface area contributed by atoms with Crippen LogP contribution in [0.2, 0.25) is 0 Å². The minimum Gasteiger partial charge on any atom is -0.352 e. The minimum atomic E-state index is -0.168. The van der Waals surface area contributed by atoms with Crippen LogP contribution in [0.25, 0.3) is 0 Å². The molecule has 0 spiro atoms. The van der Waals surface area contributed by atoms with Gasteiger partial charge in [0.1, 0.15) is 0 Å². The van der Waals surface area contributed by atoms with Gasteiger partial charge in [-0.15, -0.1) is 12.4 Å². The molecule has 6 heteroatoms. The number of piperidine rings is 1. The first kappa shape index (κ1) is 15.7. The standard InChI is InChI=1S/C13H19N3O2.ClH/c1-16-6-4-11(7-12(16)17)13(18)15-9-10-3-2-5-14-8-10;/h4,6-7,10,14H,2-3,5,8-9H2,1H3,(H,15,18);1H. The van der Waals surface area contributed by atoms with Crippen molar-refractivity contribution in [1.82, 2.24) is 15.2 Å². The van der Waals surface area contributed by atoms with Crippen LogP contribution in [0, 0.1) is 5.92 Å². The van der Waals surface area contributed by atoms with Gasteiger partial charge in [-0.1, -0.05) is 0 Å². The SMILES string of the molecule is Cl.Cn1ccc(C(=O)NCC2CCCNC2)cc1=O. The second-order valence-corrected chi connectivity index (χ2v) is 4.79. The Morgan fingerprint density at radius 2 is 2.37 bits per heavy atom. The summed E-state index contributed by atoms with van der Waals surface area (Å²) in [5.41, 5.74) is 0.267. The first-order valence-corrected chi connectivity index (χ1v) is 6.32. The van der Waals surface area contributed by atoms with E-state index in [2.05, 4.69) is 10.6 Å². The molecule has 1 aromatic heterocycles. The summed E-state index contributed by atoms with van der Waals surface area (Å²) in [6, 6.07) is 3.03. The summed E-state index contributed by atoms with van der Waals surface area (Å²) >= 11 is 0. The number of hydrogen-bond acceptors (Lipinski definition) is 3. The summed E-state index contributed by atoms with van der Waals surface area (Å²) in [6.07, 6.45) is 3.91. The lowest BCUT2D eigenvalue weighted by atomic mass is 10.00. The molecule has 2 heterocycles. The van der Waals surface area contributed by atoms with Gasteiger partial charge in [0.05, 0.1) is 0 Å². The summed E-state index contributed by atoms with van der Waals surface area (Å²) in [4.78, 5) is 23.3. The summed E-state index contributed by atoms with van der Waals surface area (Å²) in [5, 5.41) is 6.20. The zero-order chi connectivity index (χ0) is 13.0. The zero-order valence-electron chi connectivity index (χ0n) is 11.0. The van der Waals surface area contributed by atoms with E-state index in [1.54, 1.807) is 19.3 Å². The molecule has 0 saturated carbocycles. The number of rotatable bonds is 3. The second kappa shape index (κ2) is 7.31. The lowest BCUT2D eigenvalue weighted by Gasteiger charge is -2.22. The molecule has 0 bridgehead atoms. The number of carbonyl (C=O) groups is 1. The van der Waals surface area contributed by atoms with Crippen LogP contribution in [0.3, 0.4) is 0 Å². The number of nitrogens with one attached hydrogen (secondary N) is 2. The maximum absolute atomic E-state index is 11.9. The van der Waals surface area contributed by atoms with Crippen LogP contribution in [-0.2, 0) is 7.05 Å². The highest BCUT2D eigenvalue weighted by molar-refractivity contribution is 5.93. The van der Waals surface area contributed by atoms with E-state index in [0.717, 1.165) is 25.9 Å². The van der Waals surface area contributed by atoms with Crippen molar-refractivity contribution in [3.63, 3.8) is 0 Å². The van der Waals surface area contributed by atoms with Crippen LogP contribution in [0.1, 0.15) is 23.2 Å². The van der Waals surface area contributed by atoms with Crippen molar-refractivity contribution in [2.45, 2.75) is 12.8 Å². The molecule has 2 rings (SSSR count). The molecule has 1 unspecified atom stereocenters. The third kappa shape index (κ3) is 4.36. The number of amides is 1. The van der Waals surface area contributed by atoms with Crippen molar-refractivity contribution in [3.8, 4) is 0 Å². The Morgan fingerprint density at radius 1 is 1.58 bits per heavy atom. The molecule has 1 fully saturated rings. The molecule has 19 heavy (non-hydrogen) atoms. The molecule has 0 aromatic carbocycles. The van der Waals surface area contributed by atoms with Crippen LogP contribution in [0.5, 0.6) is 0 Å². The topological polar surface area (TPSA) is 63.1 Å². The minimum absolute atomic E-state index is 0. The van der Waals surface area contributed by atoms with Crippen molar-refractivity contribution in [2.24, 2.45) is 13.0 Å². The molecular weight excluding hydrogens is 266 g/mol. The van der Waals surface area contributed by atoms with Gasteiger partial charge < -0.3 is 15.2 Å². The number of aromatic nitrogens is 1. The van der Waals surface area contributed by atoms with Crippen molar-refractivity contribution in [1.29, 1.82) is 0 Å². The smallest absolute Gasteiger partial charge is 0.251 e. The van der Waals surface area contributed by atoms with Gasteiger partial charge in [0, 0.05) is 31.4 Å². The molecule has 1 aromatic rings. The molecular formula is C13H20ClN3O2. The van der Waals surface area contributed by atoms with Crippen molar-refractivity contribution >= 4 is 18.3 Å². The fraction of sp³-hybridized carbons (Fsp3) is 0.538. The Balaban J connectivity index is 0.00000180. The normalized spacial score (nSPS) is 18.5. The fourth-order valence-corrected chi connectivity index (χ4v) is 2.13. The molecule has 1 aliphatic heterocycles. The highest BCUT2D eigenvalue weighted by atomic mass is 35.5. The number of hydrogen-bond donors (Lipinski definition) is 2. The maximum Gasteiger partial charge on any atom is 0.251 e. The van der Waals surface area contributed by atoms with Crippen LogP contribution >= 0.6 is 12.4 Å². The summed E-state index contributed by atoms with van der Waals surface area (Å²) in [5.74, 6) is 0.326. The van der Waals surface area contributed by atoms with Crippen LogP contribution in [-0.4, -0.2) is 30.1 Å². The Hall–Kier alpha value is -1.33. The summed E-state index contributed by atoms with van der Waals surface area (Å²) in [6.45, 7) is 2.69. The predicted octanol–water partition coefficient (Wildman–Crippen LogP) is 0.536. The largest absolute Gasteiger partial charge is 0.352 e. The Labute approximate surface area is 118 Å². The molecule has 2 N–H and O–H groups in total. The average molecular weight is 286 g/mol. The van der Waals surface area contributed by atoms with Crippen LogP contribution in [0.4, 0.5) is 0 Å². The highest BCUT2D eigenvalue weighted by Crippen LogP contribution is 2.08. The summed E-state index contributed by atoms with van der Waals surface area (Å²) < 4.78 is 1.45. The van der Waals surface area contributed by atoms with E-state index < -0.39 is 0 Å². The molecule has 1 saturated heterocycles. The van der Waals surface area contributed by atoms with E-state index >= 15 is 0 Å². The number of carbonyl (C=O) groups excluding carboxylic acids is 1. The zero-order valence-corrected chi connectivity index (χ0v) is 11.8. The fourth-order valence-electron chi connectivity index (χ4n) is 2.13. The molecule has 1 amide bonds. The van der Waals surface area contributed by atoms with Crippen LogP contribution in [0.15, 0.2) is 23.1 Å². The van der Waals surface area contributed by atoms with E-state index in [9.17, 15) is 9.59 Å². The second-order valence-electron chi connectivity index (χ2n) is 4.79. The van der Waals surface area contributed by atoms with Crippen molar-refractivity contribution in [2.75, 3.05) is 19.6 Å². The lowest BCUT2D eigenvalue weighted by molar-refractivity contribution is 0.0944. The van der Waals surface area contributed by atoms with Crippen molar-refractivity contribution < 1.29 is 4.79 Å². The lowest BCUT2D eigenvalue weighted by Crippen LogP contribution is -2.38. The maximum atomic E-state index is 11.9. The first-order valence-electron chi connectivity index (χ1n) is 6.32. The Bertz CT molecular complexity index is 481. The highest BCUT2D eigenvalue weighted by Gasteiger charge is 2.14. The van der Waals surface area contributed by atoms with Gasteiger partial charge in [0.25, 0.3) is 11.5 Å². The van der Waals surface area contributed by atoms with Crippen molar-refractivity contribution in [3.05, 3.63) is 34.2 Å². The van der Waals surface area contributed by atoms with Gasteiger partial charge in [-0.3, -0.25) is 9.59 Å². The molecule has 106 valence electrons. The van der Waals surface area contributed by atoms with Gasteiger partial charge in [-0.05, 0) is 37.9 Å². The van der Waals surface area contributed by atoms with Gasteiger partial charge in [-0.2, -0.15) is 0 Å². The number of halogens is 1. The molecule has 1 aliphatic rings. The van der Waals surface area contributed by atoms with Gasteiger partial charge in [-0.25, -0.2) is 0 Å². The molecule has 0 aliphatic carbocycles. The van der Waals surface area contributed by atoms with Gasteiger partial charge in [0.2, 0.25) is 0 Å². The number of nitrogens with zero attached hydrogens (tertiary/aromatic N) is 1. The monoisotopic (exact) mass is 285 g/mol. The number of aryl methyl sites for hydroxylation is 1. The first-order chi connectivity index (χ1) is 8.66. The van der Waals surface area contributed by atoms with Crippen LogP contribution < -0.4 is 16.2 Å². The Kier molecular flexibility index (Phi) is 6.05. The van der Waals surface area contributed by atoms with Gasteiger partial charge >= 0.3 is 0 Å². The van der Waals surface area contributed by atoms with E-state index in [4.69, 9.17) is 0 Å². The predicted molar refractivity (Wildman–Crippen MR) is 76.9 cm³/mol. The molecule has 0 radical (unpaired) electrons. The van der Waals surface area contributed by atoms with E-state index in [-0.39, 0.29) is 23.9 Å². The molecule has 1 atom stereocenters. The van der Waals surface area contributed by atoms with Gasteiger partial charge in [0.15, 0.2) is 0 Å². The van der Waals surface area contributed by atoms with E-state index in [0.29, 0.717) is 18.0 Å². The van der Waals surface area contributed by atoms with E-state index in [1.807, 2.05) is 0 Å². The third-order valence-corrected chi connectivity index (χ3v) is 3.32. The summed E-state index contributed by atoms with van der Waals surface area (Å²) in [7, 11) is 1.66.